The largest absolute Gasteiger partial charge is 0.385 e. The summed E-state index contributed by atoms with van der Waals surface area (Å²) in [6.45, 7) is 3.00. The van der Waals surface area contributed by atoms with E-state index in [2.05, 4.69) is 12.2 Å². The van der Waals surface area contributed by atoms with E-state index in [4.69, 9.17) is 5.14 Å². The van der Waals surface area contributed by atoms with Gasteiger partial charge in [-0.3, -0.25) is 0 Å². The standard InChI is InChI=1S/C10H16N2O2S/c1-2-7-12-10-5-3-9(4-6-10)8-15(11,13)14/h3-6,12H,2,7-8H2,1H3,(H2,11,13,14). The first-order chi connectivity index (χ1) is 7.01. The summed E-state index contributed by atoms with van der Waals surface area (Å²) in [7, 11) is -3.43. The zero-order chi connectivity index (χ0) is 11.3. The van der Waals surface area contributed by atoms with Gasteiger partial charge in [-0.05, 0) is 24.1 Å². The number of nitrogens with two attached hydrogens (primary N) is 1. The van der Waals surface area contributed by atoms with Crippen LogP contribution in [-0.4, -0.2) is 15.0 Å². The highest BCUT2D eigenvalue weighted by molar-refractivity contribution is 7.88. The van der Waals surface area contributed by atoms with Crippen LogP contribution in [0.5, 0.6) is 0 Å². The molecule has 1 rings (SSSR count). The number of primary sulfonamides is 1. The fourth-order valence-electron chi connectivity index (χ4n) is 1.22. The van der Waals surface area contributed by atoms with E-state index in [0.717, 1.165) is 18.7 Å². The topological polar surface area (TPSA) is 72.2 Å². The monoisotopic (exact) mass is 228 g/mol. The van der Waals surface area contributed by atoms with Crippen LogP contribution in [-0.2, 0) is 15.8 Å². The van der Waals surface area contributed by atoms with E-state index >= 15 is 0 Å². The molecule has 0 amide bonds. The fourth-order valence-corrected chi connectivity index (χ4v) is 1.88. The number of hydrogen-bond acceptors (Lipinski definition) is 3. The van der Waals surface area contributed by atoms with Gasteiger partial charge in [-0.15, -0.1) is 0 Å². The second-order valence-corrected chi connectivity index (χ2v) is 5.05. The van der Waals surface area contributed by atoms with Gasteiger partial charge in [-0.2, -0.15) is 0 Å². The van der Waals surface area contributed by atoms with Gasteiger partial charge >= 0.3 is 0 Å². The summed E-state index contributed by atoms with van der Waals surface area (Å²) in [6.07, 6.45) is 1.05. The SMILES string of the molecule is CCCNc1ccc(CS(N)(=O)=O)cc1. The lowest BCUT2D eigenvalue weighted by Crippen LogP contribution is -2.14. The molecule has 84 valence electrons. The molecule has 0 unspecified atom stereocenters. The van der Waals surface area contributed by atoms with Crippen LogP contribution < -0.4 is 10.5 Å². The first-order valence-electron chi connectivity index (χ1n) is 4.84. The molecule has 4 nitrogen and oxygen atoms in total. The number of rotatable bonds is 5. The highest BCUT2D eigenvalue weighted by Gasteiger charge is 2.04. The minimum Gasteiger partial charge on any atom is -0.385 e. The Morgan fingerprint density at radius 2 is 1.87 bits per heavy atom. The molecule has 0 radical (unpaired) electrons. The van der Waals surface area contributed by atoms with Crippen molar-refractivity contribution >= 4 is 15.7 Å². The first kappa shape index (κ1) is 12.0. The summed E-state index contributed by atoms with van der Waals surface area (Å²) >= 11 is 0. The Morgan fingerprint density at radius 3 is 2.33 bits per heavy atom. The van der Waals surface area contributed by atoms with E-state index < -0.39 is 10.0 Å². The van der Waals surface area contributed by atoms with Gasteiger partial charge in [0.15, 0.2) is 0 Å². The number of nitrogens with one attached hydrogen (secondary N) is 1. The molecule has 0 aliphatic carbocycles. The Hall–Kier alpha value is -1.07. The van der Waals surface area contributed by atoms with Crippen LogP contribution in [0.15, 0.2) is 24.3 Å². The van der Waals surface area contributed by atoms with Crippen molar-refractivity contribution in [3.05, 3.63) is 29.8 Å². The summed E-state index contributed by atoms with van der Waals surface area (Å²) in [4.78, 5) is 0. The van der Waals surface area contributed by atoms with Crippen LogP contribution in [0.2, 0.25) is 0 Å². The second-order valence-electron chi connectivity index (χ2n) is 3.43. The third-order valence-corrected chi connectivity index (χ3v) is 2.64. The lowest BCUT2D eigenvalue weighted by molar-refractivity contribution is 0.597. The molecule has 0 heterocycles. The third-order valence-electron chi connectivity index (χ3n) is 1.90. The van der Waals surface area contributed by atoms with Gasteiger partial charge in [0.25, 0.3) is 0 Å². The summed E-state index contributed by atoms with van der Waals surface area (Å²) in [6, 6.07) is 7.25. The lowest BCUT2D eigenvalue weighted by Gasteiger charge is -2.05. The Morgan fingerprint density at radius 1 is 1.27 bits per heavy atom. The van der Waals surface area contributed by atoms with Crippen molar-refractivity contribution in [2.24, 2.45) is 5.14 Å². The molecular weight excluding hydrogens is 212 g/mol. The molecule has 3 N–H and O–H groups in total. The Labute approximate surface area is 90.5 Å². The molecule has 0 aromatic heterocycles. The molecule has 1 aromatic carbocycles. The minimum absolute atomic E-state index is 0.110. The van der Waals surface area contributed by atoms with Crippen molar-refractivity contribution in [1.29, 1.82) is 0 Å². The lowest BCUT2D eigenvalue weighted by atomic mass is 10.2. The van der Waals surface area contributed by atoms with Gasteiger partial charge in [0, 0.05) is 12.2 Å². The minimum atomic E-state index is -3.43. The first-order valence-corrected chi connectivity index (χ1v) is 6.56. The van der Waals surface area contributed by atoms with Crippen LogP contribution in [0.4, 0.5) is 5.69 Å². The number of hydrogen-bond donors (Lipinski definition) is 2. The molecule has 0 bridgehead atoms. The van der Waals surface area contributed by atoms with Gasteiger partial charge in [0.2, 0.25) is 10.0 Å². The average Bonchev–Trinajstić information content (AvgIpc) is 2.14. The second kappa shape index (κ2) is 5.14. The Kier molecular flexibility index (Phi) is 4.11. The third kappa shape index (κ3) is 4.80. The molecule has 0 saturated heterocycles. The number of anilines is 1. The number of benzene rings is 1. The summed E-state index contributed by atoms with van der Waals surface area (Å²) in [5.41, 5.74) is 1.70. The van der Waals surface area contributed by atoms with Gasteiger partial charge in [0.05, 0.1) is 5.75 Å². The molecule has 0 saturated carbocycles. The molecule has 0 aliphatic rings. The van der Waals surface area contributed by atoms with E-state index in [0.29, 0.717) is 5.56 Å². The van der Waals surface area contributed by atoms with Crippen molar-refractivity contribution in [2.75, 3.05) is 11.9 Å². The van der Waals surface area contributed by atoms with Gasteiger partial charge in [0.1, 0.15) is 0 Å². The molecule has 0 fully saturated rings. The number of sulfonamides is 1. The maximum Gasteiger partial charge on any atom is 0.213 e. The molecule has 1 aromatic rings. The highest BCUT2D eigenvalue weighted by Crippen LogP contribution is 2.10. The average molecular weight is 228 g/mol. The van der Waals surface area contributed by atoms with Gasteiger partial charge < -0.3 is 5.32 Å². The fraction of sp³-hybridized carbons (Fsp3) is 0.400. The quantitative estimate of drug-likeness (QED) is 0.797. The van der Waals surface area contributed by atoms with E-state index in [1.807, 2.05) is 12.1 Å². The molecule has 0 atom stereocenters. The zero-order valence-corrected chi connectivity index (χ0v) is 9.55. The Balaban J connectivity index is 2.64. The zero-order valence-electron chi connectivity index (χ0n) is 8.73. The molecule has 5 heteroatoms. The van der Waals surface area contributed by atoms with E-state index in [-0.39, 0.29) is 5.75 Å². The van der Waals surface area contributed by atoms with Gasteiger partial charge in [-0.1, -0.05) is 19.1 Å². The van der Waals surface area contributed by atoms with Crippen LogP contribution >= 0.6 is 0 Å². The smallest absolute Gasteiger partial charge is 0.213 e. The Bertz CT molecular complexity index is 398. The van der Waals surface area contributed by atoms with Crippen molar-refractivity contribution in [3.63, 3.8) is 0 Å². The highest BCUT2D eigenvalue weighted by atomic mass is 32.2. The van der Waals surface area contributed by atoms with E-state index in [1.165, 1.54) is 0 Å². The van der Waals surface area contributed by atoms with E-state index in [1.54, 1.807) is 12.1 Å². The van der Waals surface area contributed by atoms with Crippen molar-refractivity contribution < 1.29 is 8.42 Å². The molecule has 15 heavy (non-hydrogen) atoms. The van der Waals surface area contributed by atoms with Crippen molar-refractivity contribution in [2.45, 2.75) is 19.1 Å². The van der Waals surface area contributed by atoms with E-state index in [9.17, 15) is 8.42 Å². The predicted octanol–water partition coefficient (Wildman–Crippen LogP) is 1.30. The molecule has 0 spiro atoms. The van der Waals surface area contributed by atoms with Crippen molar-refractivity contribution in [1.82, 2.24) is 0 Å². The maximum absolute atomic E-state index is 10.8. The molecule has 0 aliphatic heterocycles. The van der Waals surface area contributed by atoms with Crippen LogP contribution in [0.1, 0.15) is 18.9 Å². The van der Waals surface area contributed by atoms with Crippen LogP contribution in [0, 0.1) is 0 Å². The predicted molar refractivity (Wildman–Crippen MR) is 62.0 cm³/mol. The maximum atomic E-state index is 10.8. The van der Waals surface area contributed by atoms with Gasteiger partial charge in [-0.25, -0.2) is 13.6 Å². The summed E-state index contributed by atoms with van der Waals surface area (Å²) < 4.78 is 21.6. The van der Waals surface area contributed by atoms with Crippen molar-refractivity contribution in [3.8, 4) is 0 Å². The summed E-state index contributed by atoms with van der Waals surface area (Å²) in [5.74, 6) is -0.110. The normalized spacial score (nSPS) is 11.3. The summed E-state index contributed by atoms with van der Waals surface area (Å²) in [5, 5.41) is 8.15. The van der Waals surface area contributed by atoms with Crippen LogP contribution in [0.25, 0.3) is 0 Å². The van der Waals surface area contributed by atoms with Crippen LogP contribution in [0.3, 0.4) is 0 Å². The molecular formula is C10H16N2O2S.